The van der Waals surface area contributed by atoms with Gasteiger partial charge in [0.25, 0.3) is 0 Å². The molecule has 0 spiro atoms. The zero-order valence-corrected chi connectivity index (χ0v) is 13.4. The molecule has 1 fully saturated rings. The summed E-state index contributed by atoms with van der Waals surface area (Å²) in [6.45, 7) is 7.37. The predicted octanol–water partition coefficient (Wildman–Crippen LogP) is 4.10. The number of anilines is 1. The standard InChI is InChI=1S/C18H27NO2/c1-13-8-9-16(12-15(13)3)19(11-10-18(20)21)17-7-5-4-6-14(17)2/h4-7,13,15-16H,8-12H2,1-3H3,(H,20,21). The van der Waals surface area contributed by atoms with Crippen molar-refractivity contribution >= 4 is 11.7 Å². The van der Waals surface area contributed by atoms with Gasteiger partial charge in [0.05, 0.1) is 6.42 Å². The number of benzene rings is 1. The van der Waals surface area contributed by atoms with Crippen LogP contribution < -0.4 is 4.90 Å². The molecule has 1 saturated carbocycles. The second-order valence-electron chi connectivity index (χ2n) is 6.55. The lowest BCUT2D eigenvalue weighted by molar-refractivity contribution is -0.136. The number of para-hydroxylation sites is 1. The molecule has 21 heavy (non-hydrogen) atoms. The van der Waals surface area contributed by atoms with Crippen molar-refractivity contribution in [2.45, 2.75) is 52.5 Å². The Labute approximate surface area is 128 Å². The molecule has 2 rings (SSSR count). The largest absolute Gasteiger partial charge is 0.481 e. The summed E-state index contributed by atoms with van der Waals surface area (Å²) in [6, 6.07) is 8.79. The lowest BCUT2D eigenvalue weighted by Crippen LogP contribution is -2.42. The van der Waals surface area contributed by atoms with Gasteiger partial charge < -0.3 is 10.0 Å². The minimum absolute atomic E-state index is 0.203. The molecule has 3 atom stereocenters. The molecule has 0 bridgehead atoms. The fourth-order valence-corrected chi connectivity index (χ4v) is 3.40. The van der Waals surface area contributed by atoms with Gasteiger partial charge in [0, 0.05) is 18.3 Å². The first-order valence-corrected chi connectivity index (χ1v) is 8.03. The molecule has 3 unspecified atom stereocenters. The number of carbonyl (C=O) groups is 1. The van der Waals surface area contributed by atoms with E-state index in [4.69, 9.17) is 5.11 Å². The maximum absolute atomic E-state index is 11.0. The van der Waals surface area contributed by atoms with Crippen LogP contribution in [-0.4, -0.2) is 23.7 Å². The summed E-state index contributed by atoms with van der Waals surface area (Å²) in [4.78, 5) is 13.3. The van der Waals surface area contributed by atoms with E-state index in [1.165, 1.54) is 24.1 Å². The Morgan fingerprint density at radius 1 is 1.24 bits per heavy atom. The summed E-state index contributed by atoms with van der Waals surface area (Å²) in [5.41, 5.74) is 2.43. The Hall–Kier alpha value is -1.51. The third-order valence-corrected chi connectivity index (χ3v) is 5.00. The number of rotatable bonds is 5. The number of hydrogen-bond donors (Lipinski definition) is 1. The third-order valence-electron chi connectivity index (χ3n) is 5.00. The van der Waals surface area contributed by atoms with Crippen molar-refractivity contribution in [1.29, 1.82) is 0 Å². The van der Waals surface area contributed by atoms with Crippen molar-refractivity contribution in [3.63, 3.8) is 0 Å². The molecule has 1 aliphatic carbocycles. The SMILES string of the molecule is Cc1ccccc1N(CCC(=O)O)C1CCC(C)C(C)C1. The van der Waals surface area contributed by atoms with Crippen molar-refractivity contribution in [1.82, 2.24) is 0 Å². The average molecular weight is 289 g/mol. The van der Waals surface area contributed by atoms with E-state index in [0.29, 0.717) is 18.5 Å². The Balaban J connectivity index is 2.20. The molecule has 3 nitrogen and oxygen atoms in total. The van der Waals surface area contributed by atoms with E-state index in [2.05, 4.69) is 37.8 Å². The number of aliphatic carboxylic acids is 1. The number of hydrogen-bond acceptors (Lipinski definition) is 2. The maximum Gasteiger partial charge on any atom is 0.305 e. The molecule has 1 N–H and O–H groups in total. The normalized spacial score (nSPS) is 25.6. The van der Waals surface area contributed by atoms with Gasteiger partial charge in [0.2, 0.25) is 0 Å². The van der Waals surface area contributed by atoms with Crippen LogP contribution in [0.1, 0.15) is 45.1 Å². The van der Waals surface area contributed by atoms with Crippen LogP contribution >= 0.6 is 0 Å². The van der Waals surface area contributed by atoms with Gasteiger partial charge in [-0.25, -0.2) is 0 Å². The number of nitrogens with zero attached hydrogens (tertiary/aromatic N) is 1. The minimum Gasteiger partial charge on any atom is -0.481 e. The number of aryl methyl sites for hydroxylation is 1. The van der Waals surface area contributed by atoms with E-state index in [-0.39, 0.29) is 6.42 Å². The Bertz CT molecular complexity index is 486. The highest BCUT2D eigenvalue weighted by molar-refractivity contribution is 5.68. The molecule has 1 aromatic rings. The summed E-state index contributed by atoms with van der Waals surface area (Å²) in [5, 5.41) is 9.04. The van der Waals surface area contributed by atoms with Crippen LogP contribution in [-0.2, 0) is 4.79 Å². The Morgan fingerprint density at radius 3 is 2.57 bits per heavy atom. The van der Waals surface area contributed by atoms with E-state index in [1.54, 1.807) is 0 Å². The second-order valence-corrected chi connectivity index (χ2v) is 6.55. The summed E-state index contributed by atoms with van der Waals surface area (Å²) in [5.74, 6) is 0.769. The van der Waals surface area contributed by atoms with Crippen LogP contribution in [0, 0.1) is 18.8 Å². The monoisotopic (exact) mass is 289 g/mol. The van der Waals surface area contributed by atoms with Gasteiger partial charge >= 0.3 is 5.97 Å². The first-order chi connectivity index (χ1) is 9.99. The number of carboxylic acid groups (broad SMARTS) is 1. The van der Waals surface area contributed by atoms with Crippen molar-refractivity contribution in [2.75, 3.05) is 11.4 Å². The van der Waals surface area contributed by atoms with Crippen LogP contribution in [0.5, 0.6) is 0 Å². The first-order valence-electron chi connectivity index (χ1n) is 8.03. The van der Waals surface area contributed by atoms with E-state index < -0.39 is 5.97 Å². The molecule has 0 aliphatic heterocycles. The zero-order chi connectivity index (χ0) is 15.4. The minimum atomic E-state index is -0.717. The lowest BCUT2D eigenvalue weighted by Gasteiger charge is -2.41. The van der Waals surface area contributed by atoms with Gasteiger partial charge in [-0.15, -0.1) is 0 Å². The third kappa shape index (κ3) is 3.99. The van der Waals surface area contributed by atoms with Crippen molar-refractivity contribution in [3.8, 4) is 0 Å². The van der Waals surface area contributed by atoms with Crippen LogP contribution in [0.3, 0.4) is 0 Å². The zero-order valence-electron chi connectivity index (χ0n) is 13.4. The van der Waals surface area contributed by atoms with Gasteiger partial charge in [-0.3, -0.25) is 4.79 Å². The quantitative estimate of drug-likeness (QED) is 0.887. The molecule has 1 aliphatic rings. The van der Waals surface area contributed by atoms with E-state index in [1.807, 2.05) is 12.1 Å². The highest BCUT2D eigenvalue weighted by atomic mass is 16.4. The highest BCUT2D eigenvalue weighted by Crippen LogP contribution is 2.35. The van der Waals surface area contributed by atoms with Crippen LogP contribution in [0.4, 0.5) is 5.69 Å². The molecule has 0 heterocycles. The summed E-state index contributed by atoms with van der Waals surface area (Å²) in [7, 11) is 0. The molecular formula is C18H27NO2. The molecule has 116 valence electrons. The van der Waals surface area contributed by atoms with Crippen molar-refractivity contribution in [3.05, 3.63) is 29.8 Å². The van der Waals surface area contributed by atoms with E-state index in [9.17, 15) is 4.79 Å². The molecule has 1 aromatic carbocycles. The summed E-state index contributed by atoms with van der Waals surface area (Å²) in [6.07, 6.45) is 3.77. The second kappa shape index (κ2) is 6.97. The van der Waals surface area contributed by atoms with Crippen LogP contribution in [0.25, 0.3) is 0 Å². The van der Waals surface area contributed by atoms with E-state index >= 15 is 0 Å². The van der Waals surface area contributed by atoms with Gasteiger partial charge in [-0.2, -0.15) is 0 Å². The highest BCUT2D eigenvalue weighted by Gasteiger charge is 2.29. The number of carboxylic acids is 1. The smallest absolute Gasteiger partial charge is 0.305 e. The Morgan fingerprint density at radius 2 is 1.95 bits per heavy atom. The van der Waals surface area contributed by atoms with E-state index in [0.717, 1.165) is 12.3 Å². The molecule has 0 saturated heterocycles. The van der Waals surface area contributed by atoms with Crippen LogP contribution in [0.15, 0.2) is 24.3 Å². The molecule has 0 radical (unpaired) electrons. The Kier molecular flexibility index (Phi) is 5.27. The summed E-state index contributed by atoms with van der Waals surface area (Å²) >= 11 is 0. The maximum atomic E-state index is 11.0. The van der Waals surface area contributed by atoms with Crippen LogP contribution in [0.2, 0.25) is 0 Å². The fraction of sp³-hybridized carbons (Fsp3) is 0.611. The molecular weight excluding hydrogens is 262 g/mol. The van der Waals surface area contributed by atoms with Crippen molar-refractivity contribution in [2.24, 2.45) is 11.8 Å². The van der Waals surface area contributed by atoms with Crippen molar-refractivity contribution < 1.29 is 9.90 Å². The summed E-state index contributed by atoms with van der Waals surface area (Å²) < 4.78 is 0. The molecule has 0 aromatic heterocycles. The van der Waals surface area contributed by atoms with Gasteiger partial charge in [-0.05, 0) is 49.7 Å². The fourth-order valence-electron chi connectivity index (χ4n) is 3.40. The first kappa shape index (κ1) is 15.9. The molecule has 0 amide bonds. The van der Waals surface area contributed by atoms with Gasteiger partial charge in [-0.1, -0.05) is 32.0 Å². The average Bonchev–Trinajstić information content (AvgIpc) is 2.44. The topological polar surface area (TPSA) is 40.5 Å². The lowest BCUT2D eigenvalue weighted by atomic mass is 9.78. The predicted molar refractivity (Wildman–Crippen MR) is 86.7 cm³/mol. The molecule has 3 heteroatoms. The van der Waals surface area contributed by atoms with Gasteiger partial charge in [0.15, 0.2) is 0 Å². The van der Waals surface area contributed by atoms with Gasteiger partial charge in [0.1, 0.15) is 0 Å².